The number of hydrogen-bond acceptors (Lipinski definition) is 15. The molecule has 1 aromatic heterocycles. The van der Waals surface area contributed by atoms with Gasteiger partial charge in [0.25, 0.3) is 18.0 Å². The maximum Gasteiger partial charge on any atom is 0.460 e. The van der Waals surface area contributed by atoms with E-state index >= 15 is 0 Å². The van der Waals surface area contributed by atoms with Crippen LogP contribution in [0, 0.1) is 5.41 Å². The number of aliphatic hydroxyl groups is 7. The van der Waals surface area contributed by atoms with Gasteiger partial charge in [-0.25, -0.2) is 8.78 Å². The zero-order valence-electron chi connectivity index (χ0n) is 60.3. The van der Waals surface area contributed by atoms with Crippen molar-refractivity contribution in [2.24, 2.45) is 5.41 Å². The van der Waals surface area contributed by atoms with Gasteiger partial charge in [0.15, 0.2) is 23.1 Å². The molecule has 0 unspecified atom stereocenters. The number of halogens is 42. The largest absolute Gasteiger partial charge is 0.512 e. The average Bonchev–Trinajstić information content (AvgIpc) is 0.745. The Morgan fingerprint density at radius 1 is 0.273 bits per heavy atom. The second-order valence-corrected chi connectivity index (χ2v) is 24.7. The second kappa shape index (κ2) is 52.4. The highest BCUT2D eigenvalue weighted by molar-refractivity contribution is 7.11. The number of carbonyl (C=O) groups excluding carboxylic acids is 7. The zero-order valence-corrected chi connectivity index (χ0v) is 61.1. The van der Waals surface area contributed by atoms with E-state index in [2.05, 4.69) is 0 Å². The van der Waals surface area contributed by atoms with Crippen LogP contribution < -0.4 is 0 Å². The predicted molar refractivity (Wildman–Crippen MR) is 395 cm³/mol. The fourth-order valence-electron chi connectivity index (χ4n) is 6.33. The third kappa shape index (κ3) is 37.9. The highest BCUT2D eigenvalue weighted by atomic mass is 32.1. The minimum Gasteiger partial charge on any atom is -0.512 e. The quantitative estimate of drug-likeness (QED) is 0.0207. The van der Waals surface area contributed by atoms with Gasteiger partial charge in [-0.3, -0.25) is 33.6 Å². The van der Waals surface area contributed by atoms with Gasteiger partial charge in [0.1, 0.15) is 28.8 Å². The Kier molecular flexibility index (Phi) is 57.1. The van der Waals surface area contributed by atoms with Gasteiger partial charge in [-0.1, -0.05) is 177 Å². The first-order valence-electron chi connectivity index (χ1n) is 30.4. The molecule has 0 spiro atoms. The molecule has 1 heterocycles. The van der Waals surface area contributed by atoms with Gasteiger partial charge in [0.05, 0.1) is 4.88 Å². The van der Waals surface area contributed by atoms with E-state index in [4.69, 9.17) is 20.4 Å². The number of alkyl halides is 42. The average molecular weight is 2040 g/mol. The highest BCUT2D eigenvalue weighted by Crippen LogP contribution is 2.61. The summed E-state index contributed by atoms with van der Waals surface area (Å²) < 4.78 is 516. The predicted octanol–water partition coefficient (Wildman–Crippen LogP) is 28.5. The minimum atomic E-state index is -8.05. The Morgan fingerprint density at radius 3 is 0.742 bits per heavy atom. The molecule has 764 valence electrons. The van der Waals surface area contributed by atoms with E-state index in [1.54, 1.807) is 35.7 Å². The van der Waals surface area contributed by atoms with E-state index in [0.717, 1.165) is 23.5 Å². The third-order valence-electron chi connectivity index (χ3n) is 13.0. The molecule has 0 saturated heterocycles. The monoisotopic (exact) mass is 2030 g/mol. The molecule has 0 saturated carbocycles. The van der Waals surface area contributed by atoms with Crippen LogP contribution in [-0.4, -0.2) is 185 Å². The van der Waals surface area contributed by atoms with E-state index in [9.17, 15) is 233 Å². The van der Waals surface area contributed by atoms with E-state index in [1.807, 2.05) is 0 Å². The number of ketones is 7. The van der Waals surface area contributed by atoms with Crippen molar-refractivity contribution in [3.05, 3.63) is 190 Å². The lowest BCUT2D eigenvalue weighted by atomic mass is 9.92. The lowest BCUT2D eigenvalue weighted by Crippen LogP contribution is -2.70. The van der Waals surface area contributed by atoms with Gasteiger partial charge >= 0.3 is 102 Å². The molecule has 0 aliphatic carbocycles. The minimum absolute atomic E-state index is 0. The van der Waals surface area contributed by atoms with Crippen molar-refractivity contribution in [2.45, 2.75) is 203 Å². The number of hydrogen-bond donors (Lipinski definition) is 7. The van der Waals surface area contributed by atoms with Crippen molar-refractivity contribution < 1.29 is 254 Å². The summed E-state index contributed by atoms with van der Waals surface area (Å²) in [6.07, 6.45) is -41.3. The summed E-state index contributed by atoms with van der Waals surface area (Å²) in [5.41, 5.74) is -0.951. The molecule has 4 aromatic rings. The number of benzene rings is 3. The summed E-state index contributed by atoms with van der Waals surface area (Å²) in [5.74, 6) is -99.9. The number of carbonyl (C=O) groups is 7. The fraction of sp³-hybridized carbons (Fsp3) is 0.427. The second-order valence-electron chi connectivity index (χ2n) is 23.7. The maximum atomic E-state index is 13.1. The van der Waals surface area contributed by atoms with Crippen LogP contribution >= 0.6 is 11.3 Å². The smallest absolute Gasteiger partial charge is 0.460 e. The van der Waals surface area contributed by atoms with E-state index < -0.39 is 207 Å². The Labute approximate surface area is 724 Å². The van der Waals surface area contributed by atoms with Crippen LogP contribution in [0.3, 0.4) is 0 Å². The van der Waals surface area contributed by atoms with Crippen molar-refractivity contribution in [3.63, 3.8) is 0 Å². The van der Waals surface area contributed by atoms with Crippen molar-refractivity contribution in [1.82, 2.24) is 0 Å². The number of rotatable bonds is 23. The number of aliphatic hydroxyl groups excluding tert-OH is 7. The van der Waals surface area contributed by atoms with Gasteiger partial charge in [0, 0.05) is 64.6 Å². The van der Waals surface area contributed by atoms with E-state index in [1.165, 1.54) is 81.4 Å². The Hall–Kier alpha value is -11.1. The summed E-state index contributed by atoms with van der Waals surface area (Å²) in [4.78, 5) is 74.0. The van der Waals surface area contributed by atoms with Gasteiger partial charge in [-0.05, 0) is 25.3 Å². The third-order valence-corrected chi connectivity index (χ3v) is 13.9. The van der Waals surface area contributed by atoms with Crippen molar-refractivity contribution in [1.29, 1.82) is 0 Å². The Bertz CT molecular complexity index is 4470. The number of allylic oxidation sites excluding steroid dienone is 10. The molecule has 0 aliphatic rings. The van der Waals surface area contributed by atoms with E-state index in [0.29, 0.717) is 25.5 Å². The highest BCUT2D eigenvalue weighted by Gasteiger charge is 2.91. The molecule has 0 aliphatic heterocycles. The van der Waals surface area contributed by atoms with Crippen LogP contribution in [0.1, 0.15) is 116 Å². The zero-order chi connectivity index (χ0) is 99.4. The van der Waals surface area contributed by atoms with Gasteiger partial charge in [0.2, 0.25) is 17.3 Å². The van der Waals surface area contributed by atoms with Gasteiger partial charge in [-0.2, -0.15) is 176 Å². The molecular weight excluding hydrogens is 1950 g/mol. The number of thiophene rings is 1. The molecule has 3 aromatic carbocycles. The topological polar surface area (TPSA) is 261 Å². The fourth-order valence-corrected chi connectivity index (χ4v) is 6.97. The molecule has 132 heavy (non-hydrogen) atoms. The molecule has 0 radical (unpaired) electrons. The van der Waals surface area contributed by atoms with Crippen LogP contribution in [0.5, 0.6) is 0 Å². The van der Waals surface area contributed by atoms with Gasteiger partial charge in [-0.15, -0.1) is 11.3 Å². The summed E-state index contributed by atoms with van der Waals surface area (Å²) in [7, 11) is 0. The standard InChI is InChI=1S/C12H7F7O2.C10H5F13O2.C10H11F7O2.C10H7F3O2.C10H8F2O2.C8H5F3O2S.C7H5F7O2.8CH4/c13-10(14,11(15,16)12(17,18)19)9(21)6-8(20)7-4-2-1-3-5-7;1-3(24)2-4(25)5(11,12)6(13,14)7(15,16)8(17,18)9(19,20)10(21,22)23;1-7(2,3)5(18)4-6(19)8(11,12)9(13,14)10(15,16)17;11-10(12,13)9(15)6-8(14)7-4-2-1-3-5-7;11-10(12)9(14)6-8(13)7-4-2-1-3-5-7;9-8(10,11)7(13)4-5(12)6-2-1-3-14-6;1-3(15)2-4(16)5(8,9)6(10,11)7(12,13)14;;;;;;;;/h1-6,20H;2,25H,1H3;4,18H,1-3H3;1-6,14H;1-6,10,13H;1-4,12H;2,16H,1H3;8*1H4/b8-6-;;5-4-;2*8-6-;5-4-;;;;;;;;;. The lowest BCUT2D eigenvalue weighted by molar-refractivity contribution is -0.438. The summed E-state index contributed by atoms with van der Waals surface area (Å²) >= 11 is 1.05. The molecule has 7 N–H and O–H groups in total. The summed E-state index contributed by atoms with van der Waals surface area (Å²) in [6.45, 7) is 4.62. The Balaban J connectivity index is -0.000000144. The molecule has 0 amide bonds. The summed E-state index contributed by atoms with van der Waals surface area (Å²) in [6, 6.07) is 24.9. The molecule has 4 rings (SSSR count). The molecule has 0 fully saturated rings. The molecule has 0 bridgehead atoms. The Morgan fingerprint density at radius 2 is 0.508 bits per heavy atom. The lowest BCUT2D eigenvalue weighted by Gasteiger charge is -2.39. The molecular formula is C75H80F42O14S. The molecule has 0 atom stereocenters. The van der Waals surface area contributed by atoms with E-state index in [-0.39, 0.29) is 99.7 Å². The first-order valence-corrected chi connectivity index (χ1v) is 31.3. The van der Waals surface area contributed by atoms with Crippen molar-refractivity contribution in [3.8, 4) is 0 Å². The normalized spacial score (nSPS) is 13.4. The van der Waals surface area contributed by atoms with Crippen LogP contribution in [0.25, 0.3) is 23.0 Å². The maximum absolute atomic E-state index is 13.1. The van der Waals surface area contributed by atoms with Crippen LogP contribution in [-0.2, 0) is 33.6 Å². The summed E-state index contributed by atoms with van der Waals surface area (Å²) in [5, 5.41) is 64.4. The first kappa shape index (κ1) is 144. The first-order chi connectivity index (χ1) is 54.8. The van der Waals surface area contributed by atoms with Gasteiger partial charge < -0.3 is 35.7 Å². The van der Waals surface area contributed by atoms with Crippen LogP contribution in [0.2, 0.25) is 0 Å². The molecule has 57 heteroatoms. The SMILES string of the molecule is C.C.C.C.C.C.C.C.CC(=O)C=C(O)C(F)(F)C(F)(F)C(F)(F)C(F)(F)C(F)(F)C(F)(F)F.CC(=O)C=C(O)C(F)(F)C(F)(F)C(F)(F)F.CC(C)(C)/C(O)=C/C(=O)C(F)(F)C(F)(F)C(F)(F)F.O=C(/C=C(\O)c1ccccc1)C(F)(F)C(F)(F)C(F)(F)F.O=C(/C=C(\O)c1ccccc1)C(F)(F)F.O=C(/C=C(\O)c1ccccc1)C(F)F.O=C(/C=C(\O)c1cccs1)C(F)(F)F. The van der Waals surface area contributed by atoms with Crippen molar-refractivity contribution >= 4 is 74.9 Å². The molecule has 14 nitrogen and oxygen atoms in total. The van der Waals surface area contributed by atoms with Crippen molar-refractivity contribution in [2.75, 3.05) is 0 Å². The van der Waals surface area contributed by atoms with Crippen LogP contribution in [0.15, 0.2) is 168 Å². The van der Waals surface area contributed by atoms with Crippen LogP contribution in [0.4, 0.5) is 184 Å².